The average Bonchev–Trinajstić information content (AvgIpc) is 3.02. The number of aliphatic imine (C=N–C) groups is 1. The number of nitrogens with one attached hydrogen (secondary N) is 1. The van der Waals surface area contributed by atoms with Crippen LogP contribution in [0, 0.1) is 11.3 Å². The number of hydrogen-bond acceptors (Lipinski definition) is 4. The van der Waals surface area contributed by atoms with Gasteiger partial charge >= 0.3 is 0 Å². The third-order valence-corrected chi connectivity index (χ3v) is 8.62. The van der Waals surface area contributed by atoms with Gasteiger partial charge in [0.25, 0.3) is 0 Å². The summed E-state index contributed by atoms with van der Waals surface area (Å²) < 4.78 is 0. The standard InChI is InChI=1S/C32H42N4.C7H17N/c1-8-29-14-16-31(17-15-29)26(5)34-28(7)33-23-25(4)12-13-30-10-9-11-32(22-30)27(6)36-20-18-35(19-21-36)24(2)3;1-6(5-8)7(2,3)4/h9-11,14-17,22-23H,2,5-6,8,12-13,18-21H2,1,3-4,7H3,(H,33,34);6H,5,8H2,1-4H3/b25-23+;. The van der Waals surface area contributed by atoms with E-state index in [2.05, 4.69) is 137 Å². The van der Waals surface area contributed by atoms with Gasteiger partial charge in [0.05, 0.1) is 0 Å². The summed E-state index contributed by atoms with van der Waals surface area (Å²) in [7, 11) is 0. The zero-order valence-electron chi connectivity index (χ0n) is 29.0. The number of amidine groups is 1. The van der Waals surface area contributed by atoms with E-state index in [1.54, 1.807) is 0 Å². The van der Waals surface area contributed by atoms with Crippen molar-refractivity contribution in [1.82, 2.24) is 15.1 Å². The Bertz CT molecular complexity index is 1280. The van der Waals surface area contributed by atoms with Gasteiger partial charge in [-0.3, -0.25) is 0 Å². The van der Waals surface area contributed by atoms with Gasteiger partial charge in [0, 0.05) is 49.5 Å². The molecule has 0 radical (unpaired) electrons. The largest absolute Gasteiger partial charge is 0.372 e. The van der Waals surface area contributed by atoms with E-state index in [4.69, 9.17) is 5.73 Å². The summed E-state index contributed by atoms with van der Waals surface area (Å²) in [6.45, 7) is 34.6. The second kappa shape index (κ2) is 17.7. The van der Waals surface area contributed by atoms with Crippen LogP contribution in [0.3, 0.4) is 0 Å². The van der Waals surface area contributed by atoms with E-state index in [-0.39, 0.29) is 0 Å². The summed E-state index contributed by atoms with van der Waals surface area (Å²) >= 11 is 0. The Hall–Kier alpha value is -3.57. The van der Waals surface area contributed by atoms with Gasteiger partial charge in [-0.25, -0.2) is 4.99 Å². The van der Waals surface area contributed by atoms with Crippen molar-refractivity contribution in [3.8, 4) is 0 Å². The number of benzene rings is 2. The molecule has 0 spiro atoms. The third kappa shape index (κ3) is 12.2. The third-order valence-electron chi connectivity index (χ3n) is 8.62. The summed E-state index contributed by atoms with van der Waals surface area (Å²) in [5, 5.41) is 3.31. The summed E-state index contributed by atoms with van der Waals surface area (Å²) in [4.78, 5) is 9.34. The van der Waals surface area contributed by atoms with Gasteiger partial charge in [-0.15, -0.1) is 0 Å². The highest BCUT2D eigenvalue weighted by molar-refractivity contribution is 5.88. The Balaban J connectivity index is 0.000000742. The van der Waals surface area contributed by atoms with Crippen LogP contribution in [0.15, 0.2) is 90.7 Å². The lowest BCUT2D eigenvalue weighted by Gasteiger charge is -2.38. The molecule has 2 aromatic carbocycles. The number of aryl methyl sites for hydroxylation is 2. The molecule has 0 aromatic heterocycles. The average molecular weight is 598 g/mol. The van der Waals surface area contributed by atoms with E-state index in [0.717, 1.165) is 80.5 Å². The fourth-order valence-corrected chi connectivity index (χ4v) is 4.68. The van der Waals surface area contributed by atoms with Crippen molar-refractivity contribution in [2.45, 2.75) is 74.7 Å². The van der Waals surface area contributed by atoms with Crippen molar-refractivity contribution in [2.75, 3.05) is 32.7 Å². The van der Waals surface area contributed by atoms with Crippen LogP contribution in [-0.2, 0) is 12.8 Å². The first-order valence-corrected chi connectivity index (χ1v) is 16.1. The van der Waals surface area contributed by atoms with Crippen molar-refractivity contribution in [2.24, 2.45) is 22.1 Å². The number of nitrogens with two attached hydrogens (primary N) is 1. The maximum absolute atomic E-state index is 5.46. The second-order valence-corrected chi connectivity index (χ2v) is 13.2. The highest BCUT2D eigenvalue weighted by atomic mass is 15.3. The molecule has 2 aromatic rings. The molecule has 1 heterocycles. The number of allylic oxidation sites excluding steroid dienone is 2. The van der Waals surface area contributed by atoms with Gasteiger partial charge in [-0.05, 0) is 86.2 Å². The molecule has 1 aliphatic rings. The SMILES string of the molecule is C=C(NC(C)=N/C=C(\C)CCc1cccc(C(=C)N2CCN(C(=C)C)CC2)c1)c1ccc(CC)cc1.CC(CN)C(C)(C)C. The van der Waals surface area contributed by atoms with Gasteiger partial charge in [0.1, 0.15) is 5.84 Å². The lowest BCUT2D eigenvalue weighted by Crippen LogP contribution is -2.44. The molecular formula is C39H59N5. The molecule has 240 valence electrons. The highest BCUT2D eigenvalue weighted by Crippen LogP contribution is 2.24. The van der Waals surface area contributed by atoms with E-state index in [1.807, 2.05) is 13.1 Å². The predicted octanol–water partition coefficient (Wildman–Crippen LogP) is 8.51. The van der Waals surface area contributed by atoms with Gasteiger partial charge in [0.15, 0.2) is 0 Å². The Morgan fingerprint density at radius 2 is 1.55 bits per heavy atom. The molecular weight excluding hydrogens is 538 g/mol. The molecule has 0 saturated carbocycles. The summed E-state index contributed by atoms with van der Waals surface area (Å²) in [5.74, 6) is 1.46. The molecule has 44 heavy (non-hydrogen) atoms. The van der Waals surface area contributed by atoms with E-state index in [1.165, 1.54) is 22.3 Å². The predicted molar refractivity (Wildman–Crippen MR) is 194 cm³/mol. The van der Waals surface area contributed by atoms with Crippen LogP contribution < -0.4 is 11.1 Å². The van der Waals surface area contributed by atoms with E-state index >= 15 is 0 Å². The van der Waals surface area contributed by atoms with Crippen LogP contribution in [0.25, 0.3) is 11.4 Å². The van der Waals surface area contributed by atoms with Crippen LogP contribution in [0.5, 0.6) is 0 Å². The van der Waals surface area contributed by atoms with Crippen molar-refractivity contribution >= 4 is 17.2 Å². The second-order valence-electron chi connectivity index (χ2n) is 13.2. The molecule has 1 saturated heterocycles. The molecule has 1 unspecified atom stereocenters. The van der Waals surface area contributed by atoms with Gasteiger partial charge in [-0.2, -0.15) is 0 Å². The molecule has 0 amide bonds. The molecule has 5 heteroatoms. The minimum absolute atomic E-state index is 0.384. The molecule has 3 N–H and O–H groups in total. The van der Waals surface area contributed by atoms with E-state index in [0.29, 0.717) is 11.3 Å². The molecule has 1 fully saturated rings. The molecule has 0 bridgehead atoms. The molecule has 0 aliphatic carbocycles. The first kappa shape index (κ1) is 36.6. The molecule has 3 rings (SSSR count). The van der Waals surface area contributed by atoms with Crippen molar-refractivity contribution in [3.05, 3.63) is 108 Å². The summed E-state index contributed by atoms with van der Waals surface area (Å²) in [5.41, 5.74) is 15.2. The highest BCUT2D eigenvalue weighted by Gasteiger charge is 2.19. The van der Waals surface area contributed by atoms with Gasteiger partial charge in [-0.1, -0.05) is 102 Å². The Morgan fingerprint density at radius 1 is 0.932 bits per heavy atom. The van der Waals surface area contributed by atoms with E-state index in [9.17, 15) is 0 Å². The zero-order chi connectivity index (χ0) is 32.9. The summed E-state index contributed by atoms with van der Waals surface area (Å²) in [6.07, 6.45) is 4.94. The van der Waals surface area contributed by atoms with Crippen LogP contribution in [0.1, 0.15) is 84.1 Å². The summed E-state index contributed by atoms with van der Waals surface area (Å²) in [6, 6.07) is 17.3. The van der Waals surface area contributed by atoms with Crippen LogP contribution in [0.2, 0.25) is 0 Å². The number of piperazine rings is 1. The fourth-order valence-electron chi connectivity index (χ4n) is 4.68. The Labute approximate surface area is 269 Å². The lowest BCUT2D eigenvalue weighted by molar-refractivity contribution is 0.215. The number of hydrogen-bond donors (Lipinski definition) is 2. The van der Waals surface area contributed by atoms with Crippen molar-refractivity contribution in [3.63, 3.8) is 0 Å². The Kier molecular flexibility index (Phi) is 14.7. The van der Waals surface area contributed by atoms with Crippen LogP contribution in [0.4, 0.5) is 0 Å². The number of rotatable bonds is 11. The maximum atomic E-state index is 5.46. The molecule has 1 aliphatic heterocycles. The minimum Gasteiger partial charge on any atom is -0.372 e. The van der Waals surface area contributed by atoms with E-state index < -0.39 is 0 Å². The maximum Gasteiger partial charge on any atom is 0.103 e. The zero-order valence-corrected chi connectivity index (χ0v) is 29.0. The van der Waals surface area contributed by atoms with Gasteiger partial charge < -0.3 is 20.9 Å². The molecule has 5 nitrogen and oxygen atoms in total. The normalized spacial score (nSPS) is 14.8. The van der Waals surface area contributed by atoms with Gasteiger partial charge in [0.2, 0.25) is 0 Å². The minimum atomic E-state index is 0.384. The first-order valence-electron chi connectivity index (χ1n) is 16.1. The van der Waals surface area contributed by atoms with Crippen molar-refractivity contribution in [1.29, 1.82) is 0 Å². The van der Waals surface area contributed by atoms with Crippen LogP contribution in [-0.4, -0.2) is 48.4 Å². The monoisotopic (exact) mass is 597 g/mol. The van der Waals surface area contributed by atoms with Crippen molar-refractivity contribution < 1.29 is 0 Å². The fraction of sp³-hybridized carbons (Fsp3) is 0.462. The number of nitrogens with zero attached hydrogens (tertiary/aromatic N) is 3. The Morgan fingerprint density at radius 3 is 2.07 bits per heavy atom. The smallest absolute Gasteiger partial charge is 0.103 e. The topological polar surface area (TPSA) is 56.9 Å². The molecule has 1 atom stereocenters. The lowest BCUT2D eigenvalue weighted by atomic mass is 9.82. The van der Waals surface area contributed by atoms with Crippen LogP contribution >= 0.6 is 0 Å². The quantitative estimate of drug-likeness (QED) is 0.201. The first-order chi connectivity index (χ1) is 20.7.